The number of ether oxygens (including phenoxy) is 3. The Morgan fingerprint density at radius 1 is 0.917 bits per heavy atom. The van der Waals surface area contributed by atoms with E-state index >= 15 is 0 Å². The van der Waals surface area contributed by atoms with Crippen molar-refractivity contribution in [3.8, 4) is 5.75 Å². The molecule has 0 radical (unpaired) electrons. The maximum Gasteiger partial charge on any atom is 0.339 e. The van der Waals surface area contributed by atoms with Gasteiger partial charge in [0.25, 0.3) is 0 Å². The van der Waals surface area contributed by atoms with E-state index in [1.165, 1.54) is 50.9 Å². The van der Waals surface area contributed by atoms with Gasteiger partial charge in [0.1, 0.15) is 28.6 Å². The highest BCUT2D eigenvalue weighted by Gasteiger charge is 2.22. The summed E-state index contributed by atoms with van der Waals surface area (Å²) in [6.45, 7) is 1.50. The summed E-state index contributed by atoms with van der Waals surface area (Å²) in [5.41, 5.74) is 0.821. The van der Waals surface area contributed by atoms with Crippen molar-refractivity contribution in [3.05, 3.63) is 82.0 Å². The highest BCUT2D eigenvalue weighted by atomic mass is 35.5. The molecule has 0 aliphatic carbocycles. The van der Waals surface area contributed by atoms with Gasteiger partial charge in [-0.3, -0.25) is 0 Å². The van der Waals surface area contributed by atoms with Crippen LogP contribution in [0.3, 0.4) is 0 Å². The highest BCUT2D eigenvalue weighted by Crippen LogP contribution is 2.28. The first-order valence-electron chi connectivity index (χ1n) is 10.9. The molecule has 0 spiro atoms. The van der Waals surface area contributed by atoms with Crippen LogP contribution in [0, 0.1) is 5.82 Å². The molecule has 36 heavy (non-hydrogen) atoms. The number of esters is 2. The molecule has 0 atom stereocenters. The summed E-state index contributed by atoms with van der Waals surface area (Å²) < 4.78 is 28.3. The molecule has 1 aliphatic rings. The average Bonchev–Trinajstić information content (AvgIpc) is 2.91. The zero-order valence-electron chi connectivity index (χ0n) is 19.6. The van der Waals surface area contributed by atoms with Crippen LogP contribution >= 0.6 is 23.2 Å². The fourth-order valence-electron chi connectivity index (χ4n) is 3.38. The Morgan fingerprint density at radius 2 is 1.53 bits per heavy atom. The quantitative estimate of drug-likeness (QED) is 0.324. The number of benzene rings is 1. The van der Waals surface area contributed by atoms with Crippen molar-refractivity contribution in [2.24, 2.45) is 0 Å². The van der Waals surface area contributed by atoms with Crippen LogP contribution in [-0.2, 0) is 9.47 Å². The lowest BCUT2D eigenvalue weighted by Crippen LogP contribution is -2.38. The molecule has 4 rings (SSSR count). The zero-order chi connectivity index (χ0) is 26.1. The molecule has 0 saturated carbocycles. The molecule has 3 heterocycles. The fraction of sp³-hybridized carbons (Fsp3) is 0.280. The maximum absolute atomic E-state index is 13.3. The van der Waals surface area contributed by atoms with E-state index in [1.807, 2.05) is 0 Å². The summed E-state index contributed by atoms with van der Waals surface area (Å²) in [5, 5.41) is 0.765. The minimum absolute atomic E-state index is 0.0232. The Balaban J connectivity index is 0.000000275. The number of hydrogen-bond donors (Lipinski definition) is 0. The Kier molecular flexibility index (Phi) is 9.84. The van der Waals surface area contributed by atoms with Gasteiger partial charge >= 0.3 is 11.9 Å². The third-order valence-electron chi connectivity index (χ3n) is 5.27. The predicted octanol–water partition coefficient (Wildman–Crippen LogP) is 5.23. The van der Waals surface area contributed by atoms with Crippen molar-refractivity contribution in [3.63, 3.8) is 0 Å². The Morgan fingerprint density at radius 3 is 2.06 bits per heavy atom. The van der Waals surface area contributed by atoms with Crippen molar-refractivity contribution >= 4 is 41.0 Å². The van der Waals surface area contributed by atoms with Gasteiger partial charge in [0.15, 0.2) is 0 Å². The van der Waals surface area contributed by atoms with E-state index in [2.05, 4.69) is 24.3 Å². The van der Waals surface area contributed by atoms with Gasteiger partial charge in [-0.15, -0.1) is 0 Å². The van der Waals surface area contributed by atoms with Crippen molar-refractivity contribution in [2.75, 3.05) is 32.2 Å². The molecule has 0 N–H and O–H groups in total. The molecule has 1 fully saturated rings. The Bertz CT molecular complexity index is 1170. The topological polar surface area (TPSA) is 90.9 Å². The van der Waals surface area contributed by atoms with Crippen molar-refractivity contribution in [2.45, 2.75) is 18.9 Å². The summed E-state index contributed by atoms with van der Waals surface area (Å²) in [6.07, 6.45) is 4.40. The van der Waals surface area contributed by atoms with Gasteiger partial charge in [-0.2, -0.15) is 0 Å². The molecule has 3 aromatic rings. The van der Waals surface area contributed by atoms with Crippen LogP contribution in [0.4, 0.5) is 10.2 Å². The molecular formula is C25H24Cl2FN3O5. The molecule has 1 aromatic carbocycles. The van der Waals surface area contributed by atoms with Crippen LogP contribution in [0.5, 0.6) is 5.75 Å². The predicted molar refractivity (Wildman–Crippen MR) is 133 cm³/mol. The minimum atomic E-state index is -0.408. The number of aromatic nitrogens is 2. The van der Waals surface area contributed by atoms with Crippen LogP contribution in [-0.4, -0.2) is 55.3 Å². The van der Waals surface area contributed by atoms with Crippen molar-refractivity contribution in [1.29, 1.82) is 0 Å². The van der Waals surface area contributed by atoms with E-state index in [0.717, 1.165) is 31.7 Å². The van der Waals surface area contributed by atoms with Crippen LogP contribution < -0.4 is 9.64 Å². The lowest BCUT2D eigenvalue weighted by Gasteiger charge is -2.33. The number of carbonyl (C=O) groups excluding carboxylic acids is 2. The van der Waals surface area contributed by atoms with Crippen LogP contribution in [0.25, 0.3) is 0 Å². The monoisotopic (exact) mass is 535 g/mol. The standard InChI is InChI=1S/C18H18ClFN2O3.C7H6ClNO2/c1-24-18(23)12-2-5-17(21-11-12)22-8-6-14(7-9-22)25-16-10-13(20)3-4-15(16)19;1-11-7(10)5-2-3-6(8)9-4-5/h2-5,10-11,14H,6-9H2,1H3;2-4H,1H3. The fourth-order valence-corrected chi connectivity index (χ4v) is 3.65. The lowest BCUT2D eigenvalue weighted by molar-refractivity contribution is 0.0591. The summed E-state index contributed by atoms with van der Waals surface area (Å²) in [6, 6.07) is 10.7. The first-order valence-corrected chi connectivity index (χ1v) is 11.7. The number of pyridine rings is 2. The van der Waals surface area contributed by atoms with Gasteiger partial charge in [0.05, 0.1) is 30.4 Å². The highest BCUT2D eigenvalue weighted by molar-refractivity contribution is 6.32. The second-order valence-corrected chi connectivity index (χ2v) is 8.43. The summed E-state index contributed by atoms with van der Waals surface area (Å²) >= 11 is 11.5. The van der Waals surface area contributed by atoms with Crippen LogP contribution in [0.15, 0.2) is 54.9 Å². The first kappa shape index (κ1) is 27.2. The third kappa shape index (κ3) is 7.53. The van der Waals surface area contributed by atoms with Crippen LogP contribution in [0.2, 0.25) is 10.2 Å². The normalized spacial score (nSPS) is 13.3. The number of rotatable bonds is 5. The summed E-state index contributed by atoms with van der Waals surface area (Å²) in [5.74, 6) is -0.00501. The summed E-state index contributed by atoms with van der Waals surface area (Å²) in [7, 11) is 2.66. The Hall–Kier alpha value is -3.43. The van der Waals surface area contributed by atoms with Gasteiger partial charge in [0.2, 0.25) is 0 Å². The van der Waals surface area contributed by atoms with Gasteiger partial charge < -0.3 is 19.1 Å². The molecule has 0 bridgehead atoms. The number of halogens is 3. The molecule has 190 valence electrons. The number of hydrogen-bond acceptors (Lipinski definition) is 8. The van der Waals surface area contributed by atoms with E-state index in [4.69, 9.17) is 27.9 Å². The third-order valence-corrected chi connectivity index (χ3v) is 5.81. The van der Waals surface area contributed by atoms with Gasteiger partial charge in [-0.05, 0) is 36.4 Å². The van der Waals surface area contributed by atoms with Crippen molar-refractivity contribution in [1.82, 2.24) is 9.97 Å². The maximum atomic E-state index is 13.3. The summed E-state index contributed by atoms with van der Waals surface area (Å²) in [4.78, 5) is 32.4. The lowest BCUT2D eigenvalue weighted by atomic mass is 10.1. The smallest absolute Gasteiger partial charge is 0.339 e. The average molecular weight is 536 g/mol. The Labute approximate surface area is 217 Å². The zero-order valence-corrected chi connectivity index (χ0v) is 21.1. The molecule has 0 unspecified atom stereocenters. The molecular weight excluding hydrogens is 512 g/mol. The number of carbonyl (C=O) groups is 2. The van der Waals surface area contributed by atoms with E-state index in [0.29, 0.717) is 27.1 Å². The van der Waals surface area contributed by atoms with Gasteiger partial charge in [-0.1, -0.05) is 23.2 Å². The molecule has 0 amide bonds. The largest absolute Gasteiger partial charge is 0.489 e. The number of anilines is 1. The second-order valence-electron chi connectivity index (χ2n) is 7.64. The number of piperidine rings is 1. The van der Waals surface area contributed by atoms with E-state index in [-0.39, 0.29) is 11.9 Å². The van der Waals surface area contributed by atoms with Crippen LogP contribution in [0.1, 0.15) is 33.6 Å². The van der Waals surface area contributed by atoms with E-state index in [1.54, 1.807) is 18.2 Å². The van der Waals surface area contributed by atoms with Crippen molar-refractivity contribution < 1.29 is 28.2 Å². The van der Waals surface area contributed by atoms with E-state index < -0.39 is 11.9 Å². The minimum Gasteiger partial charge on any atom is -0.489 e. The SMILES string of the molecule is COC(=O)c1ccc(Cl)nc1.COC(=O)c1ccc(N2CCC(Oc3cc(F)ccc3Cl)CC2)nc1. The molecule has 8 nitrogen and oxygen atoms in total. The number of nitrogens with zero attached hydrogens (tertiary/aromatic N) is 3. The molecule has 1 saturated heterocycles. The second kappa shape index (κ2) is 13.0. The molecule has 1 aliphatic heterocycles. The first-order chi connectivity index (χ1) is 17.3. The number of methoxy groups -OCH3 is 2. The van der Waals surface area contributed by atoms with Gasteiger partial charge in [0, 0.05) is 44.4 Å². The van der Waals surface area contributed by atoms with E-state index in [9.17, 15) is 14.0 Å². The molecule has 2 aromatic heterocycles. The van der Waals surface area contributed by atoms with Gasteiger partial charge in [-0.25, -0.2) is 23.9 Å². The molecule has 11 heteroatoms.